The van der Waals surface area contributed by atoms with Crippen molar-refractivity contribution >= 4 is 33.0 Å². The van der Waals surface area contributed by atoms with Gasteiger partial charge in [0, 0.05) is 17.3 Å². The van der Waals surface area contributed by atoms with Crippen LogP contribution in [-0.4, -0.2) is 23.7 Å². The van der Waals surface area contributed by atoms with E-state index < -0.39 is 5.82 Å². The van der Waals surface area contributed by atoms with Gasteiger partial charge in [-0.1, -0.05) is 6.07 Å². The van der Waals surface area contributed by atoms with Crippen LogP contribution in [-0.2, 0) is 0 Å². The van der Waals surface area contributed by atoms with Gasteiger partial charge in [-0.3, -0.25) is 4.79 Å². The van der Waals surface area contributed by atoms with Crippen molar-refractivity contribution < 1.29 is 14.3 Å². The van der Waals surface area contributed by atoms with Gasteiger partial charge in [0.05, 0.1) is 11.1 Å². The number of fused-ring (bicyclic) bond motifs is 1. The smallest absolute Gasteiger partial charge is 0.263 e. The normalized spacial score (nSPS) is 12.6. The van der Waals surface area contributed by atoms with E-state index >= 15 is 0 Å². The molecule has 2 rings (SSSR count). The maximum atomic E-state index is 13.7. The summed E-state index contributed by atoms with van der Waals surface area (Å²) < 4.78 is 14.3. The minimum absolute atomic E-state index is 0.00201. The van der Waals surface area contributed by atoms with Gasteiger partial charge < -0.3 is 16.2 Å². The lowest BCUT2D eigenvalue weighted by Crippen LogP contribution is -2.33. The van der Waals surface area contributed by atoms with Gasteiger partial charge in [-0.15, -0.1) is 11.3 Å². The number of benzene rings is 1. The zero-order valence-electron chi connectivity index (χ0n) is 10.4. The molecule has 0 bridgehead atoms. The standard InChI is InChI=1S/C13H15FN2O2S/c1-7(5-6-17)16-13(18)12-11(15)10-8(14)3-2-4-9(10)19-12/h2-4,7,17H,5-6,15H2,1H3,(H,16,18). The molecule has 0 radical (unpaired) electrons. The summed E-state index contributed by atoms with van der Waals surface area (Å²) in [6.45, 7) is 1.79. The summed E-state index contributed by atoms with van der Waals surface area (Å²) in [5.74, 6) is -0.757. The maximum absolute atomic E-state index is 13.7. The minimum Gasteiger partial charge on any atom is -0.397 e. The van der Waals surface area contributed by atoms with Gasteiger partial charge in [0.1, 0.15) is 10.7 Å². The highest BCUT2D eigenvalue weighted by Gasteiger charge is 2.19. The average Bonchev–Trinajstić information content (AvgIpc) is 2.68. The van der Waals surface area contributed by atoms with Crippen molar-refractivity contribution in [3.05, 3.63) is 28.9 Å². The highest BCUT2D eigenvalue weighted by atomic mass is 32.1. The third-order valence-electron chi connectivity index (χ3n) is 2.85. The molecule has 0 aliphatic carbocycles. The number of hydrogen-bond acceptors (Lipinski definition) is 4. The molecule has 0 saturated carbocycles. The quantitative estimate of drug-likeness (QED) is 0.804. The Hall–Kier alpha value is -1.66. The van der Waals surface area contributed by atoms with E-state index in [1.165, 1.54) is 17.4 Å². The number of amides is 1. The van der Waals surface area contributed by atoms with Gasteiger partial charge in [-0.05, 0) is 25.5 Å². The number of nitrogen functional groups attached to an aromatic ring is 1. The molecule has 1 aromatic heterocycles. The average molecular weight is 282 g/mol. The first-order valence-corrected chi connectivity index (χ1v) is 6.74. The lowest BCUT2D eigenvalue weighted by molar-refractivity contribution is 0.0939. The molecular formula is C13H15FN2O2S. The van der Waals surface area contributed by atoms with E-state index in [1.807, 2.05) is 0 Å². The molecule has 19 heavy (non-hydrogen) atoms. The first kappa shape index (κ1) is 13.8. The summed E-state index contributed by atoms with van der Waals surface area (Å²) in [6.07, 6.45) is 0.463. The Labute approximate surface area is 114 Å². The second kappa shape index (κ2) is 5.54. The summed E-state index contributed by atoms with van der Waals surface area (Å²) in [4.78, 5) is 12.4. The van der Waals surface area contributed by atoms with Crippen molar-refractivity contribution in [3.8, 4) is 0 Å². The van der Waals surface area contributed by atoms with Crippen molar-refractivity contribution in [3.63, 3.8) is 0 Å². The van der Waals surface area contributed by atoms with Crippen LogP contribution < -0.4 is 11.1 Å². The number of halogens is 1. The summed E-state index contributed by atoms with van der Waals surface area (Å²) in [6, 6.07) is 4.48. The Morgan fingerprint density at radius 3 is 2.95 bits per heavy atom. The molecule has 2 aromatic rings. The summed E-state index contributed by atoms with van der Waals surface area (Å²) in [7, 11) is 0. The molecule has 1 unspecified atom stereocenters. The topological polar surface area (TPSA) is 75.3 Å². The van der Waals surface area contributed by atoms with Gasteiger partial charge in [0.15, 0.2) is 0 Å². The number of rotatable bonds is 4. The molecule has 4 nitrogen and oxygen atoms in total. The number of anilines is 1. The summed E-state index contributed by atoms with van der Waals surface area (Å²) in [5, 5.41) is 11.8. The fourth-order valence-corrected chi connectivity index (χ4v) is 2.89. The zero-order chi connectivity index (χ0) is 14.0. The molecule has 0 aliphatic rings. The lowest BCUT2D eigenvalue weighted by atomic mass is 10.2. The molecule has 1 aromatic carbocycles. The van der Waals surface area contributed by atoms with Crippen LogP contribution in [0.3, 0.4) is 0 Å². The second-order valence-corrected chi connectivity index (χ2v) is 5.40. The van der Waals surface area contributed by atoms with Crippen LogP contribution >= 0.6 is 11.3 Å². The number of hydrogen-bond donors (Lipinski definition) is 3. The van der Waals surface area contributed by atoms with E-state index in [1.54, 1.807) is 19.1 Å². The predicted octanol–water partition coefficient (Wildman–Crippen LogP) is 2.12. The Morgan fingerprint density at radius 2 is 2.32 bits per heavy atom. The third-order valence-corrected chi connectivity index (χ3v) is 4.02. The van der Waals surface area contributed by atoms with E-state index in [0.717, 1.165) is 0 Å². The fourth-order valence-electron chi connectivity index (χ4n) is 1.85. The molecule has 0 aliphatic heterocycles. The van der Waals surface area contributed by atoms with Gasteiger partial charge in [0.2, 0.25) is 0 Å². The molecule has 1 heterocycles. The van der Waals surface area contributed by atoms with Crippen LogP contribution in [0.1, 0.15) is 23.0 Å². The Morgan fingerprint density at radius 1 is 1.58 bits per heavy atom. The third kappa shape index (κ3) is 2.69. The second-order valence-electron chi connectivity index (χ2n) is 4.34. The number of nitrogens with two attached hydrogens (primary N) is 1. The van der Waals surface area contributed by atoms with Crippen LogP contribution in [0.4, 0.5) is 10.1 Å². The van der Waals surface area contributed by atoms with Gasteiger partial charge in [0.25, 0.3) is 5.91 Å². The van der Waals surface area contributed by atoms with E-state index in [-0.39, 0.29) is 24.2 Å². The molecule has 0 saturated heterocycles. The Bertz CT molecular complexity index is 612. The molecule has 4 N–H and O–H groups in total. The molecule has 6 heteroatoms. The Kier molecular flexibility index (Phi) is 4.01. The number of carbonyl (C=O) groups excluding carboxylic acids is 1. The first-order chi connectivity index (χ1) is 9.04. The molecule has 1 amide bonds. The highest BCUT2D eigenvalue weighted by Crippen LogP contribution is 2.35. The Balaban J connectivity index is 2.33. The minimum atomic E-state index is -0.422. The van der Waals surface area contributed by atoms with Gasteiger partial charge in [-0.2, -0.15) is 0 Å². The molecule has 0 spiro atoms. The lowest BCUT2D eigenvalue weighted by Gasteiger charge is -2.11. The van der Waals surface area contributed by atoms with Crippen molar-refractivity contribution in [2.75, 3.05) is 12.3 Å². The molecular weight excluding hydrogens is 267 g/mol. The van der Waals surface area contributed by atoms with Crippen LogP contribution in [0.25, 0.3) is 10.1 Å². The van der Waals surface area contributed by atoms with Crippen LogP contribution in [0.5, 0.6) is 0 Å². The number of thiophene rings is 1. The van der Waals surface area contributed by atoms with E-state index in [0.29, 0.717) is 21.4 Å². The monoisotopic (exact) mass is 282 g/mol. The largest absolute Gasteiger partial charge is 0.397 e. The number of aliphatic hydroxyl groups is 1. The fraction of sp³-hybridized carbons (Fsp3) is 0.308. The predicted molar refractivity (Wildman–Crippen MR) is 74.8 cm³/mol. The first-order valence-electron chi connectivity index (χ1n) is 5.92. The van der Waals surface area contributed by atoms with Crippen molar-refractivity contribution in [1.82, 2.24) is 5.32 Å². The van der Waals surface area contributed by atoms with E-state index in [9.17, 15) is 9.18 Å². The molecule has 1 atom stereocenters. The van der Waals surface area contributed by atoms with E-state index in [2.05, 4.69) is 5.32 Å². The van der Waals surface area contributed by atoms with Gasteiger partial charge in [-0.25, -0.2) is 4.39 Å². The zero-order valence-corrected chi connectivity index (χ0v) is 11.3. The highest BCUT2D eigenvalue weighted by molar-refractivity contribution is 7.21. The van der Waals surface area contributed by atoms with Crippen molar-refractivity contribution in [1.29, 1.82) is 0 Å². The summed E-state index contributed by atoms with van der Waals surface area (Å²) >= 11 is 1.17. The van der Waals surface area contributed by atoms with Crippen LogP contribution in [0, 0.1) is 5.82 Å². The SMILES string of the molecule is CC(CCO)NC(=O)c1sc2cccc(F)c2c1N. The number of carbonyl (C=O) groups is 1. The number of nitrogens with one attached hydrogen (secondary N) is 1. The summed E-state index contributed by atoms with van der Waals surface area (Å²) in [5.41, 5.74) is 6.02. The molecule has 102 valence electrons. The van der Waals surface area contributed by atoms with Crippen molar-refractivity contribution in [2.24, 2.45) is 0 Å². The number of aliphatic hydroxyl groups excluding tert-OH is 1. The van der Waals surface area contributed by atoms with E-state index in [4.69, 9.17) is 10.8 Å². The van der Waals surface area contributed by atoms with Gasteiger partial charge >= 0.3 is 0 Å². The van der Waals surface area contributed by atoms with Crippen LogP contribution in [0.15, 0.2) is 18.2 Å². The van der Waals surface area contributed by atoms with Crippen LogP contribution in [0.2, 0.25) is 0 Å². The van der Waals surface area contributed by atoms with Crippen molar-refractivity contribution in [2.45, 2.75) is 19.4 Å². The molecule has 0 fully saturated rings. The maximum Gasteiger partial charge on any atom is 0.263 e.